The molecule has 0 aliphatic heterocycles. The van der Waals surface area contributed by atoms with Crippen LogP contribution in [0.5, 0.6) is 5.75 Å². The van der Waals surface area contributed by atoms with Gasteiger partial charge in [0.05, 0.1) is 12.3 Å². The molecule has 3 aromatic rings. The van der Waals surface area contributed by atoms with Gasteiger partial charge in [-0.25, -0.2) is 4.98 Å². The summed E-state index contributed by atoms with van der Waals surface area (Å²) >= 11 is 0. The zero-order valence-electron chi connectivity index (χ0n) is 20.1. The minimum atomic E-state index is -0.826. The van der Waals surface area contributed by atoms with Crippen molar-refractivity contribution < 1.29 is 23.8 Å². The lowest BCUT2D eigenvalue weighted by Gasteiger charge is -2.24. The lowest BCUT2D eigenvalue weighted by atomic mass is 9.85. The second kappa shape index (κ2) is 11.7. The minimum absolute atomic E-state index is 0.0663. The van der Waals surface area contributed by atoms with Crippen molar-refractivity contribution in [1.82, 2.24) is 10.3 Å². The second-order valence-corrected chi connectivity index (χ2v) is 8.98. The molecule has 4 rings (SSSR count). The van der Waals surface area contributed by atoms with Crippen molar-refractivity contribution in [2.45, 2.75) is 51.9 Å². The SMILES string of the molecule is Cc1oc(-c2ccccc2)nc1CCOc1ccc(CCC(=O)O)c(CCNC(=O)C2CCC2)c1. The summed E-state index contributed by atoms with van der Waals surface area (Å²) in [4.78, 5) is 27.8. The number of aromatic nitrogens is 1. The molecule has 7 heteroatoms. The second-order valence-electron chi connectivity index (χ2n) is 8.98. The number of carboxylic acid groups (broad SMARTS) is 1. The van der Waals surface area contributed by atoms with Crippen LogP contribution in [0.2, 0.25) is 0 Å². The Morgan fingerprint density at radius 2 is 1.89 bits per heavy atom. The Labute approximate surface area is 205 Å². The summed E-state index contributed by atoms with van der Waals surface area (Å²) in [5, 5.41) is 12.1. The number of carboxylic acids is 1. The van der Waals surface area contributed by atoms with Gasteiger partial charge in [0, 0.05) is 30.9 Å². The van der Waals surface area contributed by atoms with Crippen LogP contribution >= 0.6 is 0 Å². The molecule has 7 nitrogen and oxygen atoms in total. The molecule has 1 aliphatic carbocycles. The number of ether oxygens (including phenoxy) is 1. The van der Waals surface area contributed by atoms with E-state index >= 15 is 0 Å². The molecule has 0 bridgehead atoms. The molecule has 1 aromatic heterocycles. The normalized spacial score (nSPS) is 13.3. The molecule has 0 radical (unpaired) electrons. The van der Waals surface area contributed by atoms with Crippen LogP contribution in [0, 0.1) is 12.8 Å². The summed E-state index contributed by atoms with van der Waals surface area (Å²) in [6, 6.07) is 15.5. The molecule has 0 spiro atoms. The van der Waals surface area contributed by atoms with E-state index in [4.69, 9.17) is 14.3 Å². The Hall–Kier alpha value is -3.61. The molecule has 2 N–H and O–H groups in total. The zero-order chi connectivity index (χ0) is 24.6. The number of aliphatic carboxylic acids is 1. The van der Waals surface area contributed by atoms with Gasteiger partial charge in [-0.15, -0.1) is 0 Å². The molecule has 1 saturated carbocycles. The Balaban J connectivity index is 1.36. The number of hydrogen-bond acceptors (Lipinski definition) is 5. The van der Waals surface area contributed by atoms with Gasteiger partial charge in [-0.05, 0) is 68.0 Å². The predicted octanol–water partition coefficient (Wildman–Crippen LogP) is 4.75. The highest BCUT2D eigenvalue weighted by Gasteiger charge is 2.24. The Morgan fingerprint density at radius 1 is 1.09 bits per heavy atom. The first kappa shape index (κ1) is 24.5. The van der Waals surface area contributed by atoms with Gasteiger partial charge >= 0.3 is 5.97 Å². The maximum atomic E-state index is 12.2. The fraction of sp³-hybridized carbons (Fsp3) is 0.393. The van der Waals surface area contributed by atoms with Crippen LogP contribution in [0.15, 0.2) is 52.9 Å². The summed E-state index contributed by atoms with van der Waals surface area (Å²) < 4.78 is 11.8. The molecular weight excluding hydrogens is 444 g/mol. The number of nitrogens with one attached hydrogen (secondary N) is 1. The lowest BCUT2D eigenvalue weighted by Crippen LogP contribution is -2.35. The fourth-order valence-corrected chi connectivity index (χ4v) is 4.18. The van der Waals surface area contributed by atoms with Gasteiger partial charge < -0.3 is 19.6 Å². The maximum absolute atomic E-state index is 12.2. The third kappa shape index (κ3) is 6.72. The van der Waals surface area contributed by atoms with E-state index in [2.05, 4.69) is 10.3 Å². The molecule has 0 atom stereocenters. The van der Waals surface area contributed by atoms with Gasteiger partial charge in [-0.1, -0.05) is 30.7 Å². The van der Waals surface area contributed by atoms with Crippen molar-refractivity contribution in [2.24, 2.45) is 5.92 Å². The molecule has 2 aromatic carbocycles. The first-order chi connectivity index (χ1) is 17.0. The Bertz CT molecular complexity index is 1150. The fourth-order valence-electron chi connectivity index (χ4n) is 4.18. The van der Waals surface area contributed by atoms with Crippen molar-refractivity contribution in [1.29, 1.82) is 0 Å². The monoisotopic (exact) mass is 476 g/mol. The average Bonchev–Trinajstić information content (AvgIpc) is 3.18. The van der Waals surface area contributed by atoms with Crippen LogP contribution in [0.1, 0.15) is 48.3 Å². The smallest absolute Gasteiger partial charge is 0.303 e. The number of carbonyl (C=O) groups is 2. The number of benzene rings is 2. The Morgan fingerprint density at radius 3 is 2.60 bits per heavy atom. The highest BCUT2D eigenvalue weighted by atomic mass is 16.5. The standard InChI is InChI=1S/C28H32N2O5/c1-19-25(30-28(35-19)22-6-3-2-4-7-22)15-17-34-24-12-10-20(11-13-26(31)32)23(18-24)14-16-29-27(33)21-8-5-9-21/h2-4,6-7,10,12,18,21H,5,8-9,11,13-17H2,1H3,(H,29,33)(H,31,32). The number of carbonyl (C=O) groups excluding carboxylic acids is 1. The van der Waals surface area contributed by atoms with E-state index in [1.165, 1.54) is 0 Å². The van der Waals surface area contributed by atoms with E-state index in [0.717, 1.165) is 47.4 Å². The van der Waals surface area contributed by atoms with Crippen LogP contribution in [0.25, 0.3) is 11.5 Å². The van der Waals surface area contributed by atoms with E-state index in [1.807, 2.05) is 55.5 Å². The van der Waals surface area contributed by atoms with Gasteiger partial charge in [0.15, 0.2) is 0 Å². The largest absolute Gasteiger partial charge is 0.493 e. The van der Waals surface area contributed by atoms with E-state index in [-0.39, 0.29) is 18.2 Å². The molecule has 1 aliphatic rings. The van der Waals surface area contributed by atoms with Crippen molar-refractivity contribution >= 4 is 11.9 Å². The zero-order valence-corrected chi connectivity index (χ0v) is 20.1. The molecule has 0 saturated heterocycles. The van der Waals surface area contributed by atoms with Crippen LogP contribution in [-0.4, -0.2) is 35.1 Å². The maximum Gasteiger partial charge on any atom is 0.303 e. The summed E-state index contributed by atoms with van der Waals surface area (Å²) in [7, 11) is 0. The average molecular weight is 477 g/mol. The van der Waals surface area contributed by atoms with Crippen LogP contribution in [0.3, 0.4) is 0 Å². The first-order valence-corrected chi connectivity index (χ1v) is 12.3. The number of hydrogen-bond donors (Lipinski definition) is 2. The molecule has 184 valence electrons. The van der Waals surface area contributed by atoms with Gasteiger partial charge in [-0.2, -0.15) is 0 Å². The third-order valence-corrected chi connectivity index (χ3v) is 6.48. The summed E-state index contributed by atoms with van der Waals surface area (Å²) in [6.45, 7) is 2.87. The molecule has 1 amide bonds. The summed E-state index contributed by atoms with van der Waals surface area (Å²) in [6.07, 6.45) is 4.81. The van der Waals surface area contributed by atoms with Gasteiger partial charge in [0.25, 0.3) is 0 Å². The molecule has 0 unspecified atom stereocenters. The van der Waals surface area contributed by atoms with Crippen molar-refractivity contribution in [3.8, 4) is 17.2 Å². The molecular formula is C28H32N2O5. The summed E-state index contributed by atoms with van der Waals surface area (Å²) in [5.41, 5.74) is 3.77. The van der Waals surface area contributed by atoms with Crippen molar-refractivity contribution in [2.75, 3.05) is 13.2 Å². The van der Waals surface area contributed by atoms with Crippen molar-refractivity contribution in [3.05, 3.63) is 71.1 Å². The lowest BCUT2D eigenvalue weighted by molar-refractivity contribution is -0.137. The van der Waals surface area contributed by atoms with E-state index < -0.39 is 5.97 Å². The first-order valence-electron chi connectivity index (χ1n) is 12.3. The number of amides is 1. The van der Waals surface area contributed by atoms with E-state index in [9.17, 15) is 9.59 Å². The molecule has 1 heterocycles. The van der Waals surface area contributed by atoms with Gasteiger partial charge in [0.1, 0.15) is 11.5 Å². The topological polar surface area (TPSA) is 102 Å². The van der Waals surface area contributed by atoms with Crippen LogP contribution in [-0.2, 0) is 28.9 Å². The van der Waals surface area contributed by atoms with Crippen LogP contribution in [0.4, 0.5) is 0 Å². The highest BCUT2D eigenvalue weighted by molar-refractivity contribution is 5.79. The van der Waals surface area contributed by atoms with Crippen LogP contribution < -0.4 is 10.1 Å². The highest BCUT2D eigenvalue weighted by Crippen LogP contribution is 2.26. The van der Waals surface area contributed by atoms with Crippen molar-refractivity contribution in [3.63, 3.8) is 0 Å². The number of rotatable bonds is 12. The van der Waals surface area contributed by atoms with E-state index in [1.54, 1.807) is 0 Å². The van der Waals surface area contributed by atoms with Gasteiger partial charge in [-0.3, -0.25) is 9.59 Å². The summed E-state index contributed by atoms with van der Waals surface area (Å²) in [5.74, 6) is 1.54. The number of nitrogens with zero attached hydrogens (tertiary/aromatic N) is 1. The van der Waals surface area contributed by atoms with Gasteiger partial charge in [0.2, 0.25) is 11.8 Å². The third-order valence-electron chi connectivity index (χ3n) is 6.48. The quantitative estimate of drug-likeness (QED) is 0.391. The molecule has 35 heavy (non-hydrogen) atoms. The minimum Gasteiger partial charge on any atom is -0.493 e. The molecule has 1 fully saturated rings. The van der Waals surface area contributed by atoms with E-state index in [0.29, 0.717) is 44.1 Å². The number of oxazole rings is 1. The number of aryl methyl sites for hydroxylation is 2. The predicted molar refractivity (Wildman–Crippen MR) is 132 cm³/mol. The Kier molecular flexibility index (Phi) is 8.19.